The molecule has 0 saturated heterocycles. The standard InChI is InChI=1S/C15H13N3O/c1-18(2)10-13(9-16)15(19)12-5-6-14-11(8-12)4-3-7-17-14/h3-8,10H,1-2H3. The minimum Gasteiger partial charge on any atom is -0.382 e. The van der Waals surface area contributed by atoms with Gasteiger partial charge in [-0.25, -0.2) is 0 Å². The lowest BCUT2D eigenvalue weighted by molar-refractivity contribution is 0.103. The average molecular weight is 251 g/mol. The Hall–Kier alpha value is -2.67. The average Bonchev–Trinajstić information content (AvgIpc) is 2.43. The van der Waals surface area contributed by atoms with Crippen molar-refractivity contribution in [3.8, 4) is 6.07 Å². The highest BCUT2D eigenvalue weighted by Gasteiger charge is 2.12. The third-order valence-electron chi connectivity index (χ3n) is 2.62. The monoisotopic (exact) mass is 251 g/mol. The first-order chi connectivity index (χ1) is 9.11. The van der Waals surface area contributed by atoms with E-state index in [1.54, 1.807) is 43.4 Å². The highest BCUT2D eigenvalue weighted by Crippen LogP contribution is 2.16. The molecule has 2 rings (SSSR count). The molecule has 0 saturated carbocycles. The molecule has 0 bridgehead atoms. The zero-order chi connectivity index (χ0) is 13.8. The SMILES string of the molecule is CN(C)C=C(C#N)C(=O)c1ccc2ncccc2c1. The number of nitriles is 1. The van der Waals surface area contributed by atoms with Gasteiger partial charge in [0.1, 0.15) is 11.6 Å². The van der Waals surface area contributed by atoms with Crippen molar-refractivity contribution in [1.29, 1.82) is 5.26 Å². The Balaban J connectivity index is 2.44. The zero-order valence-corrected chi connectivity index (χ0v) is 10.8. The van der Waals surface area contributed by atoms with E-state index in [2.05, 4.69) is 4.98 Å². The summed E-state index contributed by atoms with van der Waals surface area (Å²) in [6, 6.07) is 10.9. The number of benzene rings is 1. The van der Waals surface area contributed by atoms with Crippen molar-refractivity contribution in [3.63, 3.8) is 0 Å². The van der Waals surface area contributed by atoms with Gasteiger partial charge in [0.25, 0.3) is 0 Å². The van der Waals surface area contributed by atoms with Gasteiger partial charge in [0, 0.05) is 37.4 Å². The van der Waals surface area contributed by atoms with E-state index in [9.17, 15) is 4.79 Å². The van der Waals surface area contributed by atoms with E-state index in [0.29, 0.717) is 5.56 Å². The first-order valence-electron chi connectivity index (χ1n) is 5.79. The van der Waals surface area contributed by atoms with Gasteiger partial charge in [0.15, 0.2) is 0 Å². The Bertz CT molecular complexity index is 696. The lowest BCUT2D eigenvalue weighted by atomic mass is 10.0. The van der Waals surface area contributed by atoms with Gasteiger partial charge in [-0.05, 0) is 24.3 Å². The molecule has 2 aromatic rings. The second-order valence-corrected chi connectivity index (χ2v) is 4.36. The highest BCUT2D eigenvalue weighted by molar-refractivity contribution is 6.12. The molecule has 4 heteroatoms. The number of aromatic nitrogens is 1. The van der Waals surface area contributed by atoms with E-state index in [4.69, 9.17) is 5.26 Å². The summed E-state index contributed by atoms with van der Waals surface area (Å²) in [6.07, 6.45) is 3.23. The van der Waals surface area contributed by atoms with Crippen LogP contribution in [-0.4, -0.2) is 29.8 Å². The number of fused-ring (bicyclic) bond motifs is 1. The molecular weight excluding hydrogens is 238 g/mol. The maximum atomic E-state index is 12.2. The number of nitrogens with zero attached hydrogens (tertiary/aromatic N) is 3. The first-order valence-corrected chi connectivity index (χ1v) is 5.79. The molecule has 0 unspecified atom stereocenters. The summed E-state index contributed by atoms with van der Waals surface area (Å²) in [4.78, 5) is 18.1. The predicted octanol–water partition coefficient (Wildman–Crippen LogP) is 2.39. The fourth-order valence-electron chi connectivity index (χ4n) is 1.77. The number of carbonyl (C=O) groups excluding carboxylic acids is 1. The van der Waals surface area contributed by atoms with E-state index in [0.717, 1.165) is 10.9 Å². The molecule has 0 radical (unpaired) electrons. The molecular formula is C15H13N3O. The maximum Gasteiger partial charge on any atom is 0.205 e. The van der Waals surface area contributed by atoms with Gasteiger partial charge < -0.3 is 4.90 Å². The molecule has 0 amide bonds. The largest absolute Gasteiger partial charge is 0.382 e. The molecule has 0 aliphatic carbocycles. The number of hydrogen-bond acceptors (Lipinski definition) is 4. The van der Waals surface area contributed by atoms with Crippen LogP contribution in [0.2, 0.25) is 0 Å². The number of carbonyl (C=O) groups is 1. The van der Waals surface area contributed by atoms with Crippen LogP contribution in [0.15, 0.2) is 48.3 Å². The molecule has 1 aromatic heterocycles. The van der Waals surface area contributed by atoms with E-state index in [1.165, 1.54) is 6.20 Å². The van der Waals surface area contributed by atoms with Crippen LogP contribution >= 0.6 is 0 Å². The molecule has 0 aliphatic heterocycles. The molecule has 19 heavy (non-hydrogen) atoms. The first kappa shape index (κ1) is 12.8. The summed E-state index contributed by atoms with van der Waals surface area (Å²) in [5.74, 6) is -0.276. The van der Waals surface area contributed by atoms with Gasteiger partial charge in [0.05, 0.1) is 5.52 Å². The second kappa shape index (κ2) is 5.32. The molecule has 0 atom stereocenters. The molecule has 0 aliphatic rings. The van der Waals surface area contributed by atoms with Gasteiger partial charge in [-0.15, -0.1) is 0 Å². The summed E-state index contributed by atoms with van der Waals surface area (Å²) in [7, 11) is 3.55. The van der Waals surface area contributed by atoms with E-state index in [1.807, 2.05) is 18.2 Å². The van der Waals surface area contributed by atoms with Gasteiger partial charge in [0.2, 0.25) is 5.78 Å². The summed E-state index contributed by atoms with van der Waals surface area (Å²) in [6.45, 7) is 0. The number of rotatable bonds is 3. The Morgan fingerprint density at radius 2 is 2.16 bits per heavy atom. The van der Waals surface area contributed by atoms with E-state index >= 15 is 0 Å². The quantitative estimate of drug-likeness (QED) is 0.477. The number of pyridine rings is 1. The van der Waals surface area contributed by atoms with E-state index in [-0.39, 0.29) is 11.4 Å². The molecule has 0 N–H and O–H groups in total. The summed E-state index contributed by atoms with van der Waals surface area (Å²) in [5.41, 5.74) is 1.44. The Morgan fingerprint density at radius 1 is 1.37 bits per heavy atom. The van der Waals surface area contributed by atoms with Crippen molar-refractivity contribution in [2.24, 2.45) is 0 Å². The molecule has 4 nitrogen and oxygen atoms in total. The van der Waals surface area contributed by atoms with E-state index < -0.39 is 0 Å². The van der Waals surface area contributed by atoms with Crippen LogP contribution in [0.25, 0.3) is 10.9 Å². The Morgan fingerprint density at radius 3 is 2.84 bits per heavy atom. The third kappa shape index (κ3) is 2.78. The summed E-state index contributed by atoms with van der Waals surface area (Å²) < 4.78 is 0. The molecule has 0 spiro atoms. The summed E-state index contributed by atoms with van der Waals surface area (Å²) in [5, 5.41) is 9.93. The van der Waals surface area contributed by atoms with Gasteiger partial charge in [-0.3, -0.25) is 9.78 Å². The Labute approximate surface area is 111 Å². The van der Waals surface area contributed by atoms with Crippen LogP contribution in [0.3, 0.4) is 0 Å². The maximum absolute atomic E-state index is 12.2. The highest BCUT2D eigenvalue weighted by atomic mass is 16.1. The molecule has 1 heterocycles. The van der Waals surface area contributed by atoms with Crippen molar-refractivity contribution in [1.82, 2.24) is 9.88 Å². The second-order valence-electron chi connectivity index (χ2n) is 4.36. The zero-order valence-electron chi connectivity index (χ0n) is 10.8. The number of ketones is 1. The van der Waals surface area contributed by atoms with Crippen molar-refractivity contribution in [2.45, 2.75) is 0 Å². The fourth-order valence-corrected chi connectivity index (χ4v) is 1.77. The topological polar surface area (TPSA) is 57.0 Å². The van der Waals surface area contributed by atoms with Crippen molar-refractivity contribution in [3.05, 3.63) is 53.9 Å². The predicted molar refractivity (Wildman–Crippen MR) is 73.5 cm³/mol. The van der Waals surface area contributed by atoms with Gasteiger partial charge in [-0.2, -0.15) is 5.26 Å². The van der Waals surface area contributed by atoms with Crippen molar-refractivity contribution < 1.29 is 4.79 Å². The molecule has 1 aromatic carbocycles. The van der Waals surface area contributed by atoms with Crippen molar-refractivity contribution >= 4 is 16.7 Å². The Kier molecular flexibility index (Phi) is 3.58. The smallest absolute Gasteiger partial charge is 0.205 e. The minimum atomic E-state index is -0.276. The minimum absolute atomic E-state index is 0.119. The lowest BCUT2D eigenvalue weighted by Gasteiger charge is -2.06. The van der Waals surface area contributed by atoms with Crippen LogP contribution < -0.4 is 0 Å². The molecule has 94 valence electrons. The summed E-state index contributed by atoms with van der Waals surface area (Å²) >= 11 is 0. The molecule has 0 fully saturated rings. The van der Waals surface area contributed by atoms with Crippen LogP contribution in [0.4, 0.5) is 0 Å². The van der Waals surface area contributed by atoms with Crippen LogP contribution in [0, 0.1) is 11.3 Å². The lowest BCUT2D eigenvalue weighted by Crippen LogP contribution is -2.08. The third-order valence-corrected chi connectivity index (χ3v) is 2.62. The van der Waals surface area contributed by atoms with Crippen LogP contribution in [0.1, 0.15) is 10.4 Å². The fraction of sp³-hybridized carbons (Fsp3) is 0.133. The van der Waals surface area contributed by atoms with Gasteiger partial charge in [-0.1, -0.05) is 6.07 Å². The van der Waals surface area contributed by atoms with Crippen LogP contribution in [0.5, 0.6) is 0 Å². The normalized spacial score (nSPS) is 11.1. The van der Waals surface area contributed by atoms with Gasteiger partial charge >= 0.3 is 0 Å². The number of hydrogen-bond donors (Lipinski definition) is 0. The van der Waals surface area contributed by atoms with Crippen LogP contribution in [-0.2, 0) is 0 Å². The number of allylic oxidation sites excluding steroid dienone is 1. The number of Topliss-reactive ketones (excluding diaryl/α,β-unsaturated/α-hetero) is 1. The van der Waals surface area contributed by atoms with Crippen molar-refractivity contribution in [2.75, 3.05) is 14.1 Å².